The van der Waals surface area contributed by atoms with Crippen LogP contribution in [0.3, 0.4) is 0 Å². The molecule has 1 atom stereocenters. The Morgan fingerprint density at radius 2 is 1.92 bits per heavy atom. The summed E-state index contributed by atoms with van der Waals surface area (Å²) in [6.45, 7) is 4.33. The summed E-state index contributed by atoms with van der Waals surface area (Å²) < 4.78 is 5.34. The van der Waals surface area contributed by atoms with E-state index in [1.165, 1.54) is 0 Å². The molecular formula is C21H23N3O2. The van der Waals surface area contributed by atoms with Crippen LogP contribution >= 0.6 is 0 Å². The topological polar surface area (TPSA) is 59.2 Å². The van der Waals surface area contributed by atoms with Gasteiger partial charge in [-0.15, -0.1) is 0 Å². The van der Waals surface area contributed by atoms with Crippen LogP contribution in [0, 0.1) is 6.92 Å². The lowest BCUT2D eigenvalue weighted by Crippen LogP contribution is -2.31. The lowest BCUT2D eigenvalue weighted by atomic mass is 9.95. The monoisotopic (exact) mass is 349 g/mol. The number of hydrogen-bond acceptors (Lipinski definition) is 4. The minimum atomic E-state index is -0.166. The molecule has 1 amide bonds. The summed E-state index contributed by atoms with van der Waals surface area (Å²) in [7, 11) is 1.77. The maximum atomic E-state index is 12.8. The van der Waals surface area contributed by atoms with Gasteiger partial charge in [-0.1, -0.05) is 66.2 Å². The standard InChI is InChI=1S/C21H23N3O2/c1-4-18(16-10-6-5-7-11-16)21(25)24(3)14-19-22-20(23-26-19)17-12-8-9-15(2)13-17/h5-13,18H,4,14H2,1-3H3/t18-/m1/s1. The lowest BCUT2D eigenvalue weighted by Gasteiger charge is -2.22. The van der Waals surface area contributed by atoms with E-state index in [4.69, 9.17) is 4.52 Å². The molecule has 1 aromatic heterocycles. The van der Waals surface area contributed by atoms with Crippen molar-refractivity contribution in [2.45, 2.75) is 32.7 Å². The summed E-state index contributed by atoms with van der Waals surface area (Å²) in [4.78, 5) is 18.9. The van der Waals surface area contributed by atoms with Gasteiger partial charge in [-0.25, -0.2) is 0 Å². The molecule has 0 saturated heterocycles. The zero-order valence-corrected chi connectivity index (χ0v) is 15.3. The van der Waals surface area contributed by atoms with E-state index in [9.17, 15) is 4.79 Å². The van der Waals surface area contributed by atoms with Gasteiger partial charge >= 0.3 is 0 Å². The maximum Gasteiger partial charge on any atom is 0.246 e. The Morgan fingerprint density at radius 3 is 2.62 bits per heavy atom. The number of nitrogens with zero attached hydrogens (tertiary/aromatic N) is 3. The van der Waals surface area contributed by atoms with Gasteiger partial charge in [0.15, 0.2) is 0 Å². The van der Waals surface area contributed by atoms with Crippen molar-refractivity contribution in [3.63, 3.8) is 0 Å². The third-order valence-corrected chi connectivity index (χ3v) is 4.40. The van der Waals surface area contributed by atoms with Crippen molar-refractivity contribution in [3.05, 3.63) is 71.6 Å². The van der Waals surface area contributed by atoms with Gasteiger partial charge in [-0.2, -0.15) is 4.98 Å². The van der Waals surface area contributed by atoms with E-state index in [2.05, 4.69) is 10.1 Å². The van der Waals surface area contributed by atoms with Crippen LogP contribution in [0.5, 0.6) is 0 Å². The summed E-state index contributed by atoms with van der Waals surface area (Å²) in [5, 5.41) is 4.04. The molecule has 0 aliphatic heterocycles. The normalized spacial score (nSPS) is 12.0. The van der Waals surface area contributed by atoms with Gasteiger partial charge in [0.25, 0.3) is 0 Å². The Kier molecular flexibility index (Phi) is 5.46. The third kappa shape index (κ3) is 3.99. The first-order valence-corrected chi connectivity index (χ1v) is 8.78. The van der Waals surface area contributed by atoms with E-state index in [1.807, 2.05) is 68.4 Å². The van der Waals surface area contributed by atoms with Crippen LogP contribution in [0.2, 0.25) is 0 Å². The predicted molar refractivity (Wildman–Crippen MR) is 100 cm³/mol. The lowest BCUT2D eigenvalue weighted by molar-refractivity contribution is -0.132. The molecule has 5 nitrogen and oxygen atoms in total. The van der Waals surface area contributed by atoms with Crippen molar-refractivity contribution in [2.75, 3.05) is 7.05 Å². The number of benzene rings is 2. The second kappa shape index (κ2) is 7.95. The highest BCUT2D eigenvalue weighted by Gasteiger charge is 2.23. The van der Waals surface area contributed by atoms with Crippen molar-refractivity contribution < 1.29 is 9.32 Å². The van der Waals surface area contributed by atoms with Gasteiger partial charge in [0.1, 0.15) is 0 Å². The molecule has 0 fully saturated rings. The second-order valence-corrected chi connectivity index (χ2v) is 6.45. The number of carbonyl (C=O) groups excluding carboxylic acids is 1. The molecule has 0 radical (unpaired) electrons. The van der Waals surface area contributed by atoms with Crippen LogP contribution in [-0.2, 0) is 11.3 Å². The average Bonchev–Trinajstić information content (AvgIpc) is 3.11. The fraction of sp³-hybridized carbons (Fsp3) is 0.286. The van der Waals surface area contributed by atoms with E-state index in [1.54, 1.807) is 11.9 Å². The van der Waals surface area contributed by atoms with Crippen molar-refractivity contribution in [1.82, 2.24) is 15.0 Å². The van der Waals surface area contributed by atoms with Crippen LogP contribution in [0.15, 0.2) is 59.1 Å². The van der Waals surface area contributed by atoms with E-state index >= 15 is 0 Å². The number of aryl methyl sites for hydroxylation is 1. The molecule has 2 aromatic carbocycles. The molecule has 0 spiro atoms. The quantitative estimate of drug-likeness (QED) is 0.669. The van der Waals surface area contributed by atoms with Gasteiger partial charge in [0, 0.05) is 12.6 Å². The molecule has 0 saturated carbocycles. The number of amides is 1. The van der Waals surface area contributed by atoms with Crippen LogP contribution < -0.4 is 0 Å². The SMILES string of the molecule is CC[C@@H](C(=O)N(C)Cc1nc(-c2cccc(C)c2)no1)c1ccccc1. The molecule has 3 rings (SSSR count). The summed E-state index contributed by atoms with van der Waals surface area (Å²) in [5.41, 5.74) is 3.07. The second-order valence-electron chi connectivity index (χ2n) is 6.45. The Labute approximate surface area is 153 Å². The number of hydrogen-bond donors (Lipinski definition) is 0. The van der Waals surface area contributed by atoms with Crippen LogP contribution in [-0.4, -0.2) is 28.0 Å². The van der Waals surface area contributed by atoms with Gasteiger partial charge in [-0.05, 0) is 25.0 Å². The zero-order chi connectivity index (χ0) is 18.5. The molecule has 0 aliphatic rings. The first-order chi connectivity index (χ1) is 12.6. The van der Waals surface area contributed by atoms with Gasteiger partial charge in [0.2, 0.25) is 17.6 Å². The highest BCUT2D eigenvalue weighted by molar-refractivity contribution is 5.83. The molecule has 26 heavy (non-hydrogen) atoms. The smallest absolute Gasteiger partial charge is 0.246 e. The Morgan fingerprint density at radius 1 is 1.15 bits per heavy atom. The average molecular weight is 349 g/mol. The first kappa shape index (κ1) is 17.9. The Balaban J connectivity index is 1.71. The van der Waals surface area contributed by atoms with Crippen LogP contribution in [0.1, 0.15) is 36.3 Å². The van der Waals surface area contributed by atoms with Crippen molar-refractivity contribution in [2.24, 2.45) is 0 Å². The third-order valence-electron chi connectivity index (χ3n) is 4.40. The predicted octanol–water partition coefficient (Wildman–Crippen LogP) is 4.20. The molecule has 1 heterocycles. The molecule has 5 heteroatoms. The maximum absolute atomic E-state index is 12.8. The minimum absolute atomic E-state index is 0.0500. The van der Waals surface area contributed by atoms with Gasteiger partial charge < -0.3 is 9.42 Å². The van der Waals surface area contributed by atoms with Gasteiger partial charge in [0.05, 0.1) is 12.5 Å². The summed E-state index contributed by atoms with van der Waals surface area (Å²) >= 11 is 0. The molecular weight excluding hydrogens is 326 g/mol. The van der Waals surface area contributed by atoms with E-state index in [0.717, 1.165) is 23.1 Å². The highest BCUT2D eigenvalue weighted by atomic mass is 16.5. The molecule has 0 unspecified atom stereocenters. The molecule has 3 aromatic rings. The number of rotatable bonds is 6. The Bertz CT molecular complexity index is 874. The van der Waals surface area contributed by atoms with Crippen molar-refractivity contribution >= 4 is 5.91 Å². The van der Waals surface area contributed by atoms with Crippen molar-refractivity contribution in [3.8, 4) is 11.4 Å². The van der Waals surface area contributed by atoms with E-state index < -0.39 is 0 Å². The molecule has 0 bridgehead atoms. The summed E-state index contributed by atoms with van der Waals surface area (Å²) in [6.07, 6.45) is 0.742. The molecule has 134 valence electrons. The van der Waals surface area contributed by atoms with Gasteiger partial charge in [-0.3, -0.25) is 4.79 Å². The van der Waals surface area contributed by atoms with Crippen LogP contribution in [0.4, 0.5) is 0 Å². The van der Waals surface area contributed by atoms with Crippen LogP contribution in [0.25, 0.3) is 11.4 Å². The van der Waals surface area contributed by atoms with Crippen molar-refractivity contribution in [1.29, 1.82) is 0 Å². The van der Waals surface area contributed by atoms with E-state index in [-0.39, 0.29) is 11.8 Å². The summed E-state index contributed by atoms with van der Waals surface area (Å²) in [6, 6.07) is 17.8. The minimum Gasteiger partial charge on any atom is -0.337 e. The number of likely N-dealkylation sites (N-methyl/N-ethyl adjacent to an activating group) is 1. The highest BCUT2D eigenvalue weighted by Crippen LogP contribution is 2.23. The fourth-order valence-electron chi connectivity index (χ4n) is 3.01. The Hall–Kier alpha value is -2.95. The fourth-order valence-corrected chi connectivity index (χ4v) is 3.01. The first-order valence-electron chi connectivity index (χ1n) is 8.78. The largest absolute Gasteiger partial charge is 0.337 e. The summed E-state index contributed by atoms with van der Waals surface area (Å²) in [5.74, 6) is 0.856. The zero-order valence-electron chi connectivity index (χ0n) is 15.3. The van der Waals surface area contributed by atoms with E-state index in [0.29, 0.717) is 18.3 Å². The number of carbonyl (C=O) groups is 1. The number of aromatic nitrogens is 2. The molecule has 0 aliphatic carbocycles. The molecule has 0 N–H and O–H groups in total.